The predicted octanol–water partition coefficient (Wildman–Crippen LogP) is 1.79. The fourth-order valence-electron chi connectivity index (χ4n) is 0.793. The summed E-state index contributed by atoms with van der Waals surface area (Å²) in [5.41, 5.74) is 5.82. The topological polar surface area (TPSA) is 51.8 Å². The van der Waals surface area contributed by atoms with E-state index in [-0.39, 0.29) is 6.04 Å². The minimum atomic E-state index is -0.109. The number of aromatic nitrogens is 2. The fourth-order valence-corrected chi connectivity index (χ4v) is 0.890. The Bertz CT molecular complexity index is 245. The largest absolute Gasteiger partial charge is 0.321 e. The summed E-state index contributed by atoms with van der Waals surface area (Å²) in [4.78, 5) is 8.06. The third-order valence-electron chi connectivity index (χ3n) is 1.66. The standard InChI is InChI=1S/C8H12ClN3/c1-5(2)7(10)8-11-3-6(9)4-12-8/h3-5,7H,10H2,1-2H3. The molecule has 12 heavy (non-hydrogen) atoms. The van der Waals surface area contributed by atoms with Gasteiger partial charge in [-0.2, -0.15) is 0 Å². The van der Waals surface area contributed by atoms with E-state index in [1.165, 1.54) is 0 Å². The number of hydrogen-bond donors (Lipinski definition) is 1. The van der Waals surface area contributed by atoms with Gasteiger partial charge in [0.1, 0.15) is 5.82 Å². The van der Waals surface area contributed by atoms with Crippen LogP contribution in [0.4, 0.5) is 0 Å². The van der Waals surface area contributed by atoms with Crippen LogP contribution in [0.25, 0.3) is 0 Å². The number of nitrogens with zero attached hydrogens (tertiary/aromatic N) is 2. The summed E-state index contributed by atoms with van der Waals surface area (Å²) in [5.74, 6) is 0.987. The second-order valence-corrected chi connectivity index (χ2v) is 3.47. The van der Waals surface area contributed by atoms with Crippen molar-refractivity contribution in [1.29, 1.82) is 0 Å². The Labute approximate surface area is 77.0 Å². The molecule has 0 bridgehead atoms. The van der Waals surface area contributed by atoms with E-state index in [1.807, 2.05) is 13.8 Å². The van der Waals surface area contributed by atoms with Crippen LogP contribution in [0.5, 0.6) is 0 Å². The summed E-state index contributed by atoms with van der Waals surface area (Å²) in [6.07, 6.45) is 3.12. The number of nitrogens with two attached hydrogens (primary N) is 1. The first-order valence-electron chi connectivity index (χ1n) is 3.84. The molecule has 0 aliphatic rings. The molecule has 0 aromatic carbocycles. The van der Waals surface area contributed by atoms with E-state index in [0.717, 1.165) is 0 Å². The van der Waals surface area contributed by atoms with Gasteiger partial charge in [0.05, 0.1) is 11.1 Å². The Morgan fingerprint density at radius 1 is 1.33 bits per heavy atom. The highest BCUT2D eigenvalue weighted by molar-refractivity contribution is 6.30. The van der Waals surface area contributed by atoms with Crippen LogP contribution < -0.4 is 5.73 Å². The lowest BCUT2D eigenvalue weighted by Crippen LogP contribution is -2.19. The predicted molar refractivity (Wildman–Crippen MR) is 48.8 cm³/mol. The average Bonchev–Trinajstić information content (AvgIpc) is 2.04. The second kappa shape index (κ2) is 3.83. The highest BCUT2D eigenvalue weighted by Crippen LogP contribution is 2.15. The summed E-state index contributed by atoms with van der Waals surface area (Å²) in [6, 6.07) is -0.109. The molecule has 1 aromatic rings. The molecule has 1 heterocycles. The van der Waals surface area contributed by atoms with Crippen molar-refractivity contribution < 1.29 is 0 Å². The molecular weight excluding hydrogens is 174 g/mol. The third kappa shape index (κ3) is 2.16. The van der Waals surface area contributed by atoms with Crippen LogP contribution in [0.2, 0.25) is 5.02 Å². The summed E-state index contributed by atoms with van der Waals surface area (Å²) in [6.45, 7) is 4.06. The summed E-state index contributed by atoms with van der Waals surface area (Å²) in [7, 11) is 0. The summed E-state index contributed by atoms with van der Waals surface area (Å²) >= 11 is 5.63. The van der Waals surface area contributed by atoms with Gasteiger partial charge < -0.3 is 5.73 Å². The molecule has 1 atom stereocenters. The van der Waals surface area contributed by atoms with E-state index in [2.05, 4.69) is 9.97 Å². The van der Waals surface area contributed by atoms with Crippen LogP contribution in [0, 0.1) is 5.92 Å². The molecular formula is C8H12ClN3. The maximum Gasteiger partial charge on any atom is 0.145 e. The van der Waals surface area contributed by atoms with Crippen LogP contribution in [0.1, 0.15) is 25.7 Å². The molecule has 0 amide bonds. The second-order valence-electron chi connectivity index (χ2n) is 3.03. The van der Waals surface area contributed by atoms with Gasteiger partial charge in [-0.3, -0.25) is 0 Å². The van der Waals surface area contributed by atoms with Gasteiger partial charge in [-0.1, -0.05) is 25.4 Å². The Hall–Kier alpha value is -0.670. The molecule has 66 valence electrons. The van der Waals surface area contributed by atoms with Gasteiger partial charge in [-0.15, -0.1) is 0 Å². The first-order chi connectivity index (χ1) is 5.61. The van der Waals surface area contributed by atoms with E-state index in [0.29, 0.717) is 16.8 Å². The van der Waals surface area contributed by atoms with Crippen LogP contribution in [0.3, 0.4) is 0 Å². The zero-order valence-electron chi connectivity index (χ0n) is 7.16. The zero-order chi connectivity index (χ0) is 9.14. The van der Waals surface area contributed by atoms with E-state index in [1.54, 1.807) is 12.4 Å². The van der Waals surface area contributed by atoms with Gasteiger partial charge >= 0.3 is 0 Å². The van der Waals surface area contributed by atoms with Crippen LogP contribution in [-0.4, -0.2) is 9.97 Å². The van der Waals surface area contributed by atoms with Crippen molar-refractivity contribution in [1.82, 2.24) is 9.97 Å². The molecule has 0 saturated heterocycles. The van der Waals surface area contributed by atoms with Gasteiger partial charge in [0, 0.05) is 12.4 Å². The molecule has 0 saturated carbocycles. The summed E-state index contributed by atoms with van der Waals surface area (Å²) in [5, 5.41) is 0.537. The lowest BCUT2D eigenvalue weighted by molar-refractivity contribution is 0.490. The van der Waals surface area contributed by atoms with Crippen molar-refractivity contribution in [3.63, 3.8) is 0 Å². The normalized spacial score (nSPS) is 13.4. The van der Waals surface area contributed by atoms with Gasteiger partial charge in [0.15, 0.2) is 0 Å². The van der Waals surface area contributed by atoms with Crippen LogP contribution in [-0.2, 0) is 0 Å². The van der Waals surface area contributed by atoms with Crippen LogP contribution >= 0.6 is 11.6 Å². The number of hydrogen-bond acceptors (Lipinski definition) is 3. The van der Waals surface area contributed by atoms with Crippen molar-refractivity contribution in [2.45, 2.75) is 19.9 Å². The molecule has 0 spiro atoms. The molecule has 4 heteroatoms. The third-order valence-corrected chi connectivity index (χ3v) is 1.85. The quantitative estimate of drug-likeness (QED) is 0.765. The van der Waals surface area contributed by atoms with Crippen molar-refractivity contribution in [2.24, 2.45) is 11.7 Å². The van der Waals surface area contributed by atoms with Crippen molar-refractivity contribution in [3.05, 3.63) is 23.2 Å². The van der Waals surface area contributed by atoms with Crippen molar-refractivity contribution in [3.8, 4) is 0 Å². The minimum absolute atomic E-state index is 0.109. The van der Waals surface area contributed by atoms with E-state index in [9.17, 15) is 0 Å². The molecule has 0 radical (unpaired) electrons. The first-order valence-corrected chi connectivity index (χ1v) is 4.22. The Balaban J connectivity index is 2.82. The van der Waals surface area contributed by atoms with Gasteiger partial charge in [-0.25, -0.2) is 9.97 Å². The Morgan fingerprint density at radius 2 is 1.83 bits per heavy atom. The maximum absolute atomic E-state index is 5.82. The van der Waals surface area contributed by atoms with E-state index in [4.69, 9.17) is 17.3 Å². The average molecular weight is 186 g/mol. The van der Waals surface area contributed by atoms with Gasteiger partial charge in [0.2, 0.25) is 0 Å². The molecule has 1 rings (SSSR count). The lowest BCUT2D eigenvalue weighted by atomic mass is 10.1. The zero-order valence-corrected chi connectivity index (χ0v) is 7.92. The fraction of sp³-hybridized carbons (Fsp3) is 0.500. The minimum Gasteiger partial charge on any atom is -0.321 e. The molecule has 1 unspecified atom stereocenters. The highest BCUT2D eigenvalue weighted by atomic mass is 35.5. The van der Waals surface area contributed by atoms with Crippen molar-refractivity contribution >= 4 is 11.6 Å². The number of rotatable bonds is 2. The Morgan fingerprint density at radius 3 is 2.25 bits per heavy atom. The van der Waals surface area contributed by atoms with E-state index >= 15 is 0 Å². The van der Waals surface area contributed by atoms with Gasteiger partial charge in [0.25, 0.3) is 0 Å². The molecule has 2 N–H and O–H groups in total. The van der Waals surface area contributed by atoms with Crippen LogP contribution in [0.15, 0.2) is 12.4 Å². The molecule has 1 aromatic heterocycles. The maximum atomic E-state index is 5.82. The molecule has 0 fully saturated rings. The van der Waals surface area contributed by atoms with Gasteiger partial charge in [-0.05, 0) is 5.92 Å². The molecule has 0 aliphatic heterocycles. The van der Waals surface area contributed by atoms with Crippen molar-refractivity contribution in [2.75, 3.05) is 0 Å². The monoisotopic (exact) mass is 185 g/mol. The van der Waals surface area contributed by atoms with E-state index < -0.39 is 0 Å². The smallest absolute Gasteiger partial charge is 0.145 e. The lowest BCUT2D eigenvalue weighted by Gasteiger charge is -2.12. The molecule has 0 aliphatic carbocycles. The number of halogens is 1. The Kier molecular flexibility index (Phi) is 3.00. The summed E-state index contributed by atoms with van der Waals surface area (Å²) < 4.78 is 0. The molecule has 3 nitrogen and oxygen atoms in total. The first kappa shape index (κ1) is 9.42. The SMILES string of the molecule is CC(C)C(N)c1ncc(Cl)cn1. The highest BCUT2D eigenvalue weighted by Gasteiger charge is 2.12.